The minimum Gasteiger partial charge on any atom is -0.383 e. The van der Waals surface area contributed by atoms with Crippen LogP contribution in [-0.4, -0.2) is 23.3 Å². The highest BCUT2D eigenvalue weighted by Crippen LogP contribution is 2.08. The number of benzene rings is 1. The van der Waals surface area contributed by atoms with Gasteiger partial charge in [-0.2, -0.15) is 0 Å². The van der Waals surface area contributed by atoms with Gasteiger partial charge in [-0.05, 0) is 12.5 Å². The lowest BCUT2D eigenvalue weighted by Gasteiger charge is -2.09. The SMILES string of the molecule is COCCn1ccnc1NCc1ccc(C)cc1. The van der Waals surface area contributed by atoms with Crippen LogP contribution in [0.2, 0.25) is 0 Å². The van der Waals surface area contributed by atoms with Crippen LogP contribution in [0.15, 0.2) is 36.7 Å². The molecule has 1 N–H and O–H groups in total. The Labute approximate surface area is 108 Å². The van der Waals surface area contributed by atoms with Gasteiger partial charge in [0, 0.05) is 32.6 Å². The van der Waals surface area contributed by atoms with Gasteiger partial charge in [0.25, 0.3) is 0 Å². The fourth-order valence-corrected chi connectivity index (χ4v) is 1.73. The Morgan fingerprint density at radius 1 is 1.28 bits per heavy atom. The molecule has 1 aromatic heterocycles. The number of hydrogen-bond donors (Lipinski definition) is 1. The lowest BCUT2D eigenvalue weighted by Crippen LogP contribution is -2.10. The van der Waals surface area contributed by atoms with Crippen molar-refractivity contribution in [3.8, 4) is 0 Å². The first kappa shape index (κ1) is 12.6. The third kappa shape index (κ3) is 3.34. The van der Waals surface area contributed by atoms with E-state index >= 15 is 0 Å². The molecule has 0 aliphatic heterocycles. The van der Waals surface area contributed by atoms with Gasteiger partial charge in [-0.25, -0.2) is 4.98 Å². The van der Waals surface area contributed by atoms with Gasteiger partial charge in [-0.15, -0.1) is 0 Å². The minimum atomic E-state index is 0.690. The van der Waals surface area contributed by atoms with Crippen LogP contribution in [0, 0.1) is 6.92 Å². The Hall–Kier alpha value is -1.81. The summed E-state index contributed by atoms with van der Waals surface area (Å²) in [5.41, 5.74) is 2.53. The molecule has 0 radical (unpaired) electrons. The van der Waals surface area contributed by atoms with E-state index in [9.17, 15) is 0 Å². The van der Waals surface area contributed by atoms with Crippen molar-refractivity contribution in [3.63, 3.8) is 0 Å². The van der Waals surface area contributed by atoms with Gasteiger partial charge < -0.3 is 14.6 Å². The van der Waals surface area contributed by atoms with Crippen molar-refractivity contribution < 1.29 is 4.74 Å². The number of anilines is 1. The molecule has 0 aliphatic carbocycles. The van der Waals surface area contributed by atoms with Gasteiger partial charge in [0.2, 0.25) is 5.95 Å². The molecule has 18 heavy (non-hydrogen) atoms. The van der Waals surface area contributed by atoms with Crippen molar-refractivity contribution in [3.05, 3.63) is 47.8 Å². The molecule has 0 aliphatic rings. The molecule has 0 amide bonds. The van der Waals surface area contributed by atoms with Gasteiger partial charge in [0.15, 0.2) is 0 Å². The van der Waals surface area contributed by atoms with Gasteiger partial charge >= 0.3 is 0 Å². The summed E-state index contributed by atoms with van der Waals surface area (Å²) in [7, 11) is 1.70. The van der Waals surface area contributed by atoms with Gasteiger partial charge in [-0.3, -0.25) is 0 Å². The fraction of sp³-hybridized carbons (Fsp3) is 0.357. The normalized spacial score (nSPS) is 10.6. The van der Waals surface area contributed by atoms with Crippen LogP contribution < -0.4 is 5.32 Å². The Kier molecular flexibility index (Phi) is 4.36. The average Bonchev–Trinajstić information content (AvgIpc) is 2.83. The Balaban J connectivity index is 1.93. The molecule has 0 fully saturated rings. The maximum Gasteiger partial charge on any atom is 0.203 e. The van der Waals surface area contributed by atoms with E-state index in [4.69, 9.17) is 4.74 Å². The standard InChI is InChI=1S/C14H19N3O/c1-12-3-5-13(6-4-12)11-16-14-15-7-8-17(14)9-10-18-2/h3-8H,9-11H2,1-2H3,(H,15,16). The molecule has 4 nitrogen and oxygen atoms in total. The third-order valence-electron chi connectivity index (χ3n) is 2.82. The van der Waals surface area contributed by atoms with Crippen LogP contribution in [-0.2, 0) is 17.8 Å². The molecule has 1 heterocycles. The van der Waals surface area contributed by atoms with E-state index in [2.05, 4.69) is 46.1 Å². The van der Waals surface area contributed by atoms with Crippen molar-refractivity contribution in [2.24, 2.45) is 0 Å². The maximum atomic E-state index is 5.07. The van der Waals surface area contributed by atoms with Crippen LogP contribution in [0.5, 0.6) is 0 Å². The van der Waals surface area contributed by atoms with E-state index in [1.54, 1.807) is 13.3 Å². The highest BCUT2D eigenvalue weighted by molar-refractivity contribution is 5.30. The van der Waals surface area contributed by atoms with Crippen molar-refractivity contribution in [2.75, 3.05) is 19.0 Å². The predicted octanol–water partition coefficient (Wildman–Crippen LogP) is 2.45. The van der Waals surface area contributed by atoms with E-state index in [1.165, 1.54) is 11.1 Å². The van der Waals surface area contributed by atoms with Crippen molar-refractivity contribution >= 4 is 5.95 Å². The number of hydrogen-bond acceptors (Lipinski definition) is 3. The number of ether oxygens (including phenoxy) is 1. The van der Waals surface area contributed by atoms with Crippen molar-refractivity contribution in [2.45, 2.75) is 20.0 Å². The second-order valence-electron chi connectivity index (χ2n) is 4.28. The molecular weight excluding hydrogens is 226 g/mol. The first-order chi connectivity index (χ1) is 8.79. The predicted molar refractivity (Wildman–Crippen MR) is 72.6 cm³/mol. The fourth-order valence-electron chi connectivity index (χ4n) is 1.73. The zero-order valence-corrected chi connectivity index (χ0v) is 10.9. The van der Waals surface area contributed by atoms with Gasteiger partial charge in [0.1, 0.15) is 0 Å². The molecule has 2 rings (SSSR count). The van der Waals surface area contributed by atoms with Crippen LogP contribution in [0.4, 0.5) is 5.95 Å². The largest absolute Gasteiger partial charge is 0.383 e. The molecule has 1 aromatic carbocycles. The smallest absolute Gasteiger partial charge is 0.203 e. The van der Waals surface area contributed by atoms with Crippen molar-refractivity contribution in [1.29, 1.82) is 0 Å². The van der Waals surface area contributed by atoms with Crippen LogP contribution in [0.1, 0.15) is 11.1 Å². The number of aromatic nitrogens is 2. The van der Waals surface area contributed by atoms with Crippen molar-refractivity contribution in [1.82, 2.24) is 9.55 Å². The zero-order chi connectivity index (χ0) is 12.8. The summed E-state index contributed by atoms with van der Waals surface area (Å²) >= 11 is 0. The molecule has 0 spiro atoms. The number of rotatable bonds is 6. The Bertz CT molecular complexity index is 476. The lowest BCUT2D eigenvalue weighted by molar-refractivity contribution is 0.187. The summed E-state index contributed by atoms with van der Waals surface area (Å²) in [4.78, 5) is 4.30. The van der Waals surface area contributed by atoms with E-state index in [0.717, 1.165) is 19.0 Å². The summed E-state index contributed by atoms with van der Waals surface area (Å²) < 4.78 is 7.12. The lowest BCUT2D eigenvalue weighted by atomic mass is 10.1. The molecule has 0 saturated heterocycles. The molecule has 0 saturated carbocycles. The number of aryl methyl sites for hydroxylation is 1. The Morgan fingerprint density at radius 3 is 2.78 bits per heavy atom. The van der Waals surface area contributed by atoms with Gasteiger partial charge in [0.05, 0.1) is 6.61 Å². The second-order valence-corrected chi connectivity index (χ2v) is 4.28. The summed E-state index contributed by atoms with van der Waals surface area (Å²) in [6, 6.07) is 8.50. The quantitative estimate of drug-likeness (QED) is 0.849. The number of nitrogens with one attached hydrogen (secondary N) is 1. The van der Waals surface area contributed by atoms with E-state index < -0.39 is 0 Å². The molecule has 0 atom stereocenters. The molecular formula is C14H19N3O. The first-order valence-corrected chi connectivity index (χ1v) is 6.09. The summed E-state index contributed by atoms with van der Waals surface area (Å²) in [6.07, 6.45) is 3.75. The van der Waals surface area contributed by atoms with E-state index in [0.29, 0.717) is 6.61 Å². The average molecular weight is 245 g/mol. The number of imidazole rings is 1. The first-order valence-electron chi connectivity index (χ1n) is 6.09. The van der Waals surface area contributed by atoms with Crippen LogP contribution >= 0.6 is 0 Å². The zero-order valence-electron chi connectivity index (χ0n) is 10.9. The molecule has 0 unspecified atom stereocenters. The topological polar surface area (TPSA) is 39.1 Å². The minimum absolute atomic E-state index is 0.690. The van der Waals surface area contributed by atoms with E-state index in [1.807, 2.05) is 6.20 Å². The molecule has 4 heteroatoms. The summed E-state index contributed by atoms with van der Waals surface area (Å²) in [6.45, 7) is 4.38. The highest BCUT2D eigenvalue weighted by Gasteiger charge is 2.01. The highest BCUT2D eigenvalue weighted by atomic mass is 16.5. The monoisotopic (exact) mass is 245 g/mol. The number of nitrogens with zero attached hydrogens (tertiary/aromatic N) is 2. The second kappa shape index (κ2) is 6.21. The molecule has 2 aromatic rings. The summed E-state index contributed by atoms with van der Waals surface area (Å²) in [5.74, 6) is 0.882. The summed E-state index contributed by atoms with van der Waals surface area (Å²) in [5, 5.41) is 3.33. The molecule has 0 bridgehead atoms. The van der Waals surface area contributed by atoms with Gasteiger partial charge in [-0.1, -0.05) is 29.8 Å². The molecule has 96 valence electrons. The number of methoxy groups -OCH3 is 1. The van der Waals surface area contributed by atoms with Crippen LogP contribution in [0.25, 0.3) is 0 Å². The maximum absolute atomic E-state index is 5.07. The Morgan fingerprint density at radius 2 is 2.06 bits per heavy atom. The third-order valence-corrected chi connectivity index (χ3v) is 2.82. The van der Waals surface area contributed by atoms with E-state index in [-0.39, 0.29) is 0 Å². The van der Waals surface area contributed by atoms with Crippen LogP contribution in [0.3, 0.4) is 0 Å².